The highest BCUT2D eigenvalue weighted by molar-refractivity contribution is 5.83. The summed E-state index contributed by atoms with van der Waals surface area (Å²) in [4.78, 5) is 12.7. The number of hydrogen-bond acceptors (Lipinski definition) is 3. The van der Waals surface area contributed by atoms with Crippen LogP contribution in [0.15, 0.2) is 0 Å². The Morgan fingerprint density at radius 2 is 1.90 bits per heavy atom. The van der Waals surface area contributed by atoms with E-state index in [0.717, 1.165) is 44.7 Å². The summed E-state index contributed by atoms with van der Waals surface area (Å²) >= 11 is 0. The fraction of sp³-hybridized carbons (Fsp3) is 0.938. The molecule has 1 aliphatic heterocycles. The highest BCUT2D eigenvalue weighted by atomic mass is 16.5. The van der Waals surface area contributed by atoms with Crippen molar-refractivity contribution < 1.29 is 9.53 Å². The van der Waals surface area contributed by atoms with Gasteiger partial charge in [-0.15, -0.1) is 0 Å². The van der Waals surface area contributed by atoms with Crippen molar-refractivity contribution in [1.29, 1.82) is 0 Å². The van der Waals surface area contributed by atoms with Crippen molar-refractivity contribution in [3.8, 4) is 0 Å². The van der Waals surface area contributed by atoms with E-state index in [2.05, 4.69) is 17.6 Å². The maximum atomic E-state index is 12.7. The van der Waals surface area contributed by atoms with Gasteiger partial charge in [-0.25, -0.2) is 0 Å². The first-order valence-electron chi connectivity index (χ1n) is 8.21. The molecule has 1 saturated carbocycles. The SMILES string of the molecule is CCC1CCC(NC(=O)C2(COC)CCNCC2)CC1. The topological polar surface area (TPSA) is 50.4 Å². The predicted molar refractivity (Wildman–Crippen MR) is 80.6 cm³/mol. The number of hydrogen-bond donors (Lipinski definition) is 2. The Kier molecular flexibility index (Phi) is 5.85. The monoisotopic (exact) mass is 282 g/mol. The maximum Gasteiger partial charge on any atom is 0.228 e. The van der Waals surface area contributed by atoms with Crippen molar-refractivity contribution in [2.75, 3.05) is 26.8 Å². The van der Waals surface area contributed by atoms with Gasteiger partial charge in [0, 0.05) is 13.2 Å². The molecule has 20 heavy (non-hydrogen) atoms. The van der Waals surface area contributed by atoms with Crippen molar-refractivity contribution in [2.24, 2.45) is 11.3 Å². The summed E-state index contributed by atoms with van der Waals surface area (Å²) in [5, 5.41) is 6.65. The average molecular weight is 282 g/mol. The first-order chi connectivity index (χ1) is 9.70. The van der Waals surface area contributed by atoms with Gasteiger partial charge in [0.2, 0.25) is 5.91 Å². The number of rotatable bonds is 5. The summed E-state index contributed by atoms with van der Waals surface area (Å²) in [5.41, 5.74) is -0.304. The molecule has 0 aromatic carbocycles. The Morgan fingerprint density at radius 3 is 2.45 bits per heavy atom. The first kappa shape index (κ1) is 15.8. The van der Waals surface area contributed by atoms with Gasteiger partial charge in [-0.05, 0) is 57.5 Å². The molecule has 0 spiro atoms. The van der Waals surface area contributed by atoms with Gasteiger partial charge in [0.1, 0.15) is 0 Å². The summed E-state index contributed by atoms with van der Waals surface area (Å²) in [6, 6.07) is 0.383. The van der Waals surface area contributed by atoms with E-state index in [1.807, 2.05) is 0 Å². The van der Waals surface area contributed by atoms with E-state index in [1.165, 1.54) is 19.3 Å². The van der Waals surface area contributed by atoms with Crippen LogP contribution < -0.4 is 10.6 Å². The molecule has 1 aliphatic carbocycles. The van der Waals surface area contributed by atoms with Crippen LogP contribution >= 0.6 is 0 Å². The van der Waals surface area contributed by atoms with E-state index >= 15 is 0 Å². The lowest BCUT2D eigenvalue weighted by atomic mass is 9.77. The molecule has 0 atom stereocenters. The van der Waals surface area contributed by atoms with Crippen LogP contribution in [0.3, 0.4) is 0 Å². The highest BCUT2D eigenvalue weighted by Gasteiger charge is 2.40. The van der Waals surface area contributed by atoms with Crippen LogP contribution in [0.25, 0.3) is 0 Å². The van der Waals surface area contributed by atoms with Gasteiger partial charge in [-0.2, -0.15) is 0 Å². The van der Waals surface area contributed by atoms with Gasteiger partial charge in [0.15, 0.2) is 0 Å². The molecule has 0 aromatic heterocycles. The third-order valence-corrected chi connectivity index (χ3v) is 5.22. The van der Waals surface area contributed by atoms with Gasteiger partial charge < -0.3 is 15.4 Å². The number of amides is 1. The molecule has 0 aromatic rings. The lowest BCUT2D eigenvalue weighted by molar-refractivity contribution is -0.137. The standard InChI is InChI=1S/C16H30N2O2/c1-3-13-4-6-14(7-5-13)18-15(19)16(12-20-2)8-10-17-11-9-16/h13-14,17H,3-12H2,1-2H3,(H,18,19). The lowest BCUT2D eigenvalue weighted by Crippen LogP contribution is -2.52. The molecule has 4 nitrogen and oxygen atoms in total. The second-order valence-electron chi connectivity index (χ2n) is 6.56. The third-order valence-electron chi connectivity index (χ3n) is 5.22. The summed E-state index contributed by atoms with van der Waals surface area (Å²) in [5.74, 6) is 1.09. The molecule has 2 aliphatic rings. The molecule has 0 bridgehead atoms. The zero-order valence-electron chi connectivity index (χ0n) is 13.0. The van der Waals surface area contributed by atoms with E-state index in [-0.39, 0.29) is 11.3 Å². The molecule has 1 saturated heterocycles. The Bertz CT molecular complexity index is 300. The molecular weight excluding hydrogens is 252 g/mol. The van der Waals surface area contributed by atoms with Crippen LogP contribution in [-0.2, 0) is 9.53 Å². The van der Waals surface area contributed by atoms with E-state index in [4.69, 9.17) is 4.74 Å². The molecule has 116 valence electrons. The number of ether oxygens (including phenoxy) is 1. The minimum atomic E-state index is -0.304. The molecule has 0 radical (unpaired) electrons. The number of methoxy groups -OCH3 is 1. The Labute approximate surface area is 123 Å². The third kappa shape index (κ3) is 3.73. The molecule has 0 unspecified atom stereocenters. The first-order valence-corrected chi connectivity index (χ1v) is 8.21. The van der Waals surface area contributed by atoms with Crippen molar-refractivity contribution in [1.82, 2.24) is 10.6 Å². The van der Waals surface area contributed by atoms with Gasteiger partial charge in [0.25, 0.3) is 0 Å². The second kappa shape index (κ2) is 7.41. The summed E-state index contributed by atoms with van der Waals surface area (Å²) in [6.07, 6.45) is 7.87. The highest BCUT2D eigenvalue weighted by Crippen LogP contribution is 2.31. The van der Waals surface area contributed by atoms with E-state index in [9.17, 15) is 4.79 Å². The van der Waals surface area contributed by atoms with Crippen molar-refractivity contribution >= 4 is 5.91 Å². The lowest BCUT2D eigenvalue weighted by Gasteiger charge is -2.38. The van der Waals surface area contributed by atoms with Crippen molar-refractivity contribution in [3.05, 3.63) is 0 Å². The van der Waals surface area contributed by atoms with Gasteiger partial charge in [0.05, 0.1) is 12.0 Å². The van der Waals surface area contributed by atoms with Crippen LogP contribution in [0.5, 0.6) is 0 Å². The van der Waals surface area contributed by atoms with Gasteiger partial charge in [-0.1, -0.05) is 13.3 Å². The molecule has 2 rings (SSSR count). The Morgan fingerprint density at radius 1 is 1.25 bits per heavy atom. The van der Waals surface area contributed by atoms with Crippen LogP contribution in [0, 0.1) is 11.3 Å². The predicted octanol–water partition coefficient (Wildman–Crippen LogP) is 2.09. The van der Waals surface area contributed by atoms with Gasteiger partial charge >= 0.3 is 0 Å². The number of carbonyl (C=O) groups is 1. The molecule has 2 N–H and O–H groups in total. The minimum absolute atomic E-state index is 0.223. The summed E-state index contributed by atoms with van der Waals surface area (Å²) < 4.78 is 5.34. The van der Waals surface area contributed by atoms with Crippen LogP contribution in [0.4, 0.5) is 0 Å². The Balaban J connectivity index is 1.88. The molecule has 1 amide bonds. The Hall–Kier alpha value is -0.610. The number of nitrogens with one attached hydrogen (secondary N) is 2. The van der Waals surface area contributed by atoms with E-state index in [1.54, 1.807) is 7.11 Å². The smallest absolute Gasteiger partial charge is 0.228 e. The minimum Gasteiger partial charge on any atom is -0.384 e. The molecule has 4 heteroatoms. The van der Waals surface area contributed by atoms with Crippen LogP contribution in [-0.4, -0.2) is 38.8 Å². The quantitative estimate of drug-likeness (QED) is 0.812. The fourth-order valence-electron chi connectivity index (χ4n) is 3.67. The van der Waals surface area contributed by atoms with E-state index < -0.39 is 0 Å². The zero-order chi connectivity index (χ0) is 14.4. The largest absolute Gasteiger partial charge is 0.384 e. The molecule has 1 heterocycles. The fourth-order valence-corrected chi connectivity index (χ4v) is 3.67. The number of piperidine rings is 1. The molecular formula is C16H30N2O2. The number of carbonyl (C=O) groups excluding carboxylic acids is 1. The van der Waals surface area contributed by atoms with Crippen LogP contribution in [0.2, 0.25) is 0 Å². The van der Waals surface area contributed by atoms with E-state index in [0.29, 0.717) is 12.6 Å². The van der Waals surface area contributed by atoms with Crippen molar-refractivity contribution in [2.45, 2.75) is 57.9 Å². The normalized spacial score (nSPS) is 29.9. The summed E-state index contributed by atoms with van der Waals surface area (Å²) in [7, 11) is 1.70. The average Bonchev–Trinajstić information content (AvgIpc) is 2.49. The second-order valence-corrected chi connectivity index (χ2v) is 6.56. The van der Waals surface area contributed by atoms with Gasteiger partial charge in [-0.3, -0.25) is 4.79 Å². The maximum absolute atomic E-state index is 12.7. The zero-order valence-corrected chi connectivity index (χ0v) is 13.0. The van der Waals surface area contributed by atoms with Crippen LogP contribution in [0.1, 0.15) is 51.9 Å². The summed E-state index contributed by atoms with van der Waals surface area (Å²) in [6.45, 7) is 4.65. The molecule has 2 fully saturated rings. The van der Waals surface area contributed by atoms with Crippen molar-refractivity contribution in [3.63, 3.8) is 0 Å².